The van der Waals surface area contributed by atoms with Gasteiger partial charge in [0.1, 0.15) is 5.82 Å². The van der Waals surface area contributed by atoms with Gasteiger partial charge in [-0.1, -0.05) is 12.1 Å². The van der Waals surface area contributed by atoms with Crippen molar-refractivity contribution in [2.24, 2.45) is 5.92 Å². The van der Waals surface area contributed by atoms with Crippen molar-refractivity contribution in [2.75, 3.05) is 19.3 Å². The zero-order chi connectivity index (χ0) is 13.9. The van der Waals surface area contributed by atoms with Gasteiger partial charge in [0.2, 0.25) is 10.0 Å². The molecule has 0 radical (unpaired) electrons. The van der Waals surface area contributed by atoms with Gasteiger partial charge < -0.3 is 0 Å². The van der Waals surface area contributed by atoms with Crippen molar-refractivity contribution in [3.8, 4) is 0 Å². The van der Waals surface area contributed by atoms with E-state index in [0.717, 1.165) is 31.2 Å². The van der Waals surface area contributed by atoms with Gasteiger partial charge in [-0.3, -0.25) is 0 Å². The zero-order valence-electron chi connectivity index (χ0n) is 11.2. The summed E-state index contributed by atoms with van der Waals surface area (Å²) in [5.74, 6) is 0.172. The van der Waals surface area contributed by atoms with Crippen molar-refractivity contribution in [2.45, 2.75) is 25.7 Å². The molecule has 0 amide bonds. The zero-order valence-corrected chi connectivity index (χ0v) is 12.0. The van der Waals surface area contributed by atoms with Gasteiger partial charge in [-0.25, -0.2) is 17.1 Å². The molecule has 1 aliphatic rings. The van der Waals surface area contributed by atoms with Gasteiger partial charge in [0, 0.05) is 13.1 Å². The van der Waals surface area contributed by atoms with E-state index >= 15 is 0 Å². The Bertz CT molecular complexity index is 530. The summed E-state index contributed by atoms with van der Waals surface area (Å²) in [5, 5.41) is 0. The molecule has 1 unspecified atom stereocenters. The van der Waals surface area contributed by atoms with Crippen LogP contribution in [0.5, 0.6) is 0 Å². The first kappa shape index (κ1) is 14.5. The molecule has 0 bridgehead atoms. The van der Waals surface area contributed by atoms with Crippen LogP contribution in [0.1, 0.15) is 24.8 Å². The minimum absolute atomic E-state index is 0.209. The van der Waals surface area contributed by atoms with Crippen LogP contribution >= 0.6 is 0 Å². The van der Waals surface area contributed by atoms with E-state index in [2.05, 4.69) is 0 Å². The summed E-state index contributed by atoms with van der Waals surface area (Å²) in [4.78, 5) is 0. The highest BCUT2D eigenvalue weighted by atomic mass is 32.2. The van der Waals surface area contributed by atoms with Gasteiger partial charge in [0.15, 0.2) is 0 Å². The van der Waals surface area contributed by atoms with Gasteiger partial charge in [-0.05, 0) is 49.3 Å². The molecule has 0 aliphatic carbocycles. The number of hydrogen-bond acceptors (Lipinski definition) is 2. The molecule has 0 saturated carbocycles. The minimum Gasteiger partial charge on any atom is -0.213 e. The van der Waals surface area contributed by atoms with Crippen molar-refractivity contribution in [3.63, 3.8) is 0 Å². The molecule has 19 heavy (non-hydrogen) atoms. The molecular formula is C14H20FNO2S. The molecular weight excluding hydrogens is 265 g/mol. The van der Waals surface area contributed by atoms with Crippen LogP contribution in [0.3, 0.4) is 0 Å². The Hall–Kier alpha value is -0.940. The van der Waals surface area contributed by atoms with Crippen LogP contribution in [0.2, 0.25) is 0 Å². The van der Waals surface area contributed by atoms with E-state index in [4.69, 9.17) is 0 Å². The third-order valence-electron chi connectivity index (χ3n) is 3.68. The Kier molecular flexibility index (Phi) is 4.58. The van der Waals surface area contributed by atoms with Crippen molar-refractivity contribution in [1.82, 2.24) is 4.31 Å². The van der Waals surface area contributed by atoms with Crippen molar-refractivity contribution in [3.05, 3.63) is 35.6 Å². The first-order valence-electron chi connectivity index (χ1n) is 6.65. The molecule has 1 aromatic rings. The number of piperidine rings is 1. The van der Waals surface area contributed by atoms with Gasteiger partial charge in [-0.15, -0.1) is 0 Å². The number of rotatable bonds is 4. The van der Waals surface area contributed by atoms with E-state index in [1.54, 1.807) is 16.4 Å². The highest BCUT2D eigenvalue weighted by molar-refractivity contribution is 7.88. The smallest absolute Gasteiger partial charge is 0.211 e. The monoisotopic (exact) mass is 285 g/mol. The Morgan fingerprint density at radius 3 is 2.89 bits per heavy atom. The molecule has 2 rings (SSSR count). The normalized spacial score (nSPS) is 21.5. The van der Waals surface area contributed by atoms with Crippen molar-refractivity contribution in [1.29, 1.82) is 0 Å². The van der Waals surface area contributed by atoms with Gasteiger partial charge in [0.25, 0.3) is 0 Å². The van der Waals surface area contributed by atoms with Gasteiger partial charge >= 0.3 is 0 Å². The summed E-state index contributed by atoms with van der Waals surface area (Å²) < 4.78 is 37.7. The topological polar surface area (TPSA) is 37.4 Å². The van der Waals surface area contributed by atoms with E-state index in [9.17, 15) is 12.8 Å². The summed E-state index contributed by atoms with van der Waals surface area (Å²) in [7, 11) is -3.08. The number of aryl methyl sites for hydroxylation is 1. The molecule has 0 aromatic heterocycles. The number of benzene rings is 1. The summed E-state index contributed by atoms with van der Waals surface area (Å²) in [6, 6.07) is 6.63. The average Bonchev–Trinajstić information content (AvgIpc) is 2.36. The lowest BCUT2D eigenvalue weighted by atomic mass is 9.93. The van der Waals surface area contributed by atoms with E-state index in [1.807, 2.05) is 6.07 Å². The molecule has 1 atom stereocenters. The summed E-state index contributed by atoms with van der Waals surface area (Å²) in [5.41, 5.74) is 0.983. The second-order valence-corrected chi connectivity index (χ2v) is 7.28. The number of hydrogen-bond donors (Lipinski definition) is 0. The van der Waals surface area contributed by atoms with E-state index < -0.39 is 10.0 Å². The minimum atomic E-state index is -3.08. The highest BCUT2D eigenvalue weighted by Crippen LogP contribution is 2.23. The highest BCUT2D eigenvalue weighted by Gasteiger charge is 2.25. The van der Waals surface area contributed by atoms with Crippen LogP contribution in [0.15, 0.2) is 24.3 Å². The molecule has 5 heteroatoms. The molecule has 1 aliphatic heterocycles. The lowest BCUT2D eigenvalue weighted by Crippen LogP contribution is -2.39. The Balaban J connectivity index is 1.89. The molecule has 1 saturated heterocycles. The third-order valence-corrected chi connectivity index (χ3v) is 4.95. The van der Waals surface area contributed by atoms with Crippen molar-refractivity contribution < 1.29 is 12.8 Å². The molecule has 0 N–H and O–H groups in total. The maximum atomic E-state index is 13.1. The first-order valence-corrected chi connectivity index (χ1v) is 8.49. The summed E-state index contributed by atoms with van der Waals surface area (Å²) in [6.45, 7) is 1.24. The molecule has 1 aromatic carbocycles. The van der Waals surface area contributed by atoms with Crippen LogP contribution < -0.4 is 0 Å². The first-order chi connectivity index (χ1) is 8.95. The maximum absolute atomic E-state index is 13.1. The maximum Gasteiger partial charge on any atom is 0.211 e. The van der Waals surface area contributed by atoms with Gasteiger partial charge in [-0.2, -0.15) is 0 Å². The lowest BCUT2D eigenvalue weighted by molar-refractivity contribution is 0.257. The summed E-state index contributed by atoms with van der Waals surface area (Å²) in [6.07, 6.45) is 4.96. The molecule has 3 nitrogen and oxygen atoms in total. The number of sulfonamides is 1. The number of halogens is 1. The summed E-state index contributed by atoms with van der Waals surface area (Å²) >= 11 is 0. The Morgan fingerprint density at radius 2 is 2.21 bits per heavy atom. The predicted molar refractivity (Wildman–Crippen MR) is 73.9 cm³/mol. The standard InChI is InChI=1S/C14H20FNO2S/c1-19(17,18)16-9-3-5-13(11-16)8-7-12-4-2-6-14(15)10-12/h2,4,6,10,13H,3,5,7-9,11H2,1H3. The lowest BCUT2D eigenvalue weighted by Gasteiger charge is -2.30. The Morgan fingerprint density at radius 1 is 1.42 bits per heavy atom. The van der Waals surface area contributed by atoms with Crippen LogP contribution in [-0.4, -0.2) is 32.1 Å². The fourth-order valence-corrected chi connectivity index (χ4v) is 3.57. The third kappa shape index (κ3) is 4.28. The predicted octanol–water partition coefficient (Wildman–Crippen LogP) is 2.43. The largest absolute Gasteiger partial charge is 0.213 e. The second kappa shape index (κ2) is 6.01. The number of nitrogens with zero attached hydrogens (tertiary/aromatic N) is 1. The molecule has 1 fully saturated rings. The van der Waals surface area contributed by atoms with Crippen LogP contribution in [0.4, 0.5) is 4.39 Å². The fourth-order valence-electron chi connectivity index (χ4n) is 2.63. The van der Waals surface area contributed by atoms with Crippen LogP contribution in [0.25, 0.3) is 0 Å². The Labute approximate surface area is 114 Å². The van der Waals surface area contributed by atoms with Crippen LogP contribution in [0, 0.1) is 11.7 Å². The second-order valence-electron chi connectivity index (χ2n) is 5.30. The van der Waals surface area contributed by atoms with Crippen molar-refractivity contribution >= 4 is 10.0 Å². The quantitative estimate of drug-likeness (QED) is 0.852. The van der Waals surface area contributed by atoms with E-state index in [1.165, 1.54) is 12.3 Å². The van der Waals surface area contributed by atoms with Gasteiger partial charge in [0.05, 0.1) is 6.26 Å². The average molecular weight is 285 g/mol. The van der Waals surface area contributed by atoms with Crippen LogP contribution in [-0.2, 0) is 16.4 Å². The molecule has 1 heterocycles. The fraction of sp³-hybridized carbons (Fsp3) is 0.571. The SMILES string of the molecule is CS(=O)(=O)N1CCCC(CCc2cccc(F)c2)C1. The van der Waals surface area contributed by atoms with E-state index in [0.29, 0.717) is 19.0 Å². The molecule has 0 spiro atoms. The molecule has 106 valence electrons. The van der Waals surface area contributed by atoms with E-state index in [-0.39, 0.29) is 5.82 Å².